The highest BCUT2D eigenvalue weighted by Gasteiger charge is 2.07. The van der Waals surface area contributed by atoms with Gasteiger partial charge in [0.15, 0.2) is 5.15 Å². The molecule has 0 atom stereocenters. The molecule has 3 aromatic rings. The van der Waals surface area contributed by atoms with Crippen LogP contribution in [-0.2, 0) is 7.05 Å². The van der Waals surface area contributed by atoms with Gasteiger partial charge in [0.1, 0.15) is 0 Å². The zero-order valence-electron chi connectivity index (χ0n) is 10.2. The highest BCUT2D eigenvalue weighted by Crippen LogP contribution is 2.27. The highest BCUT2D eigenvalue weighted by molar-refractivity contribution is 6.29. The highest BCUT2D eigenvalue weighted by atomic mass is 35.5. The van der Waals surface area contributed by atoms with E-state index >= 15 is 0 Å². The van der Waals surface area contributed by atoms with Gasteiger partial charge in [0.25, 0.3) is 0 Å². The van der Waals surface area contributed by atoms with Crippen LogP contribution >= 0.6 is 11.6 Å². The molecule has 0 N–H and O–H groups in total. The normalized spacial score (nSPS) is 11.1. The Kier molecular flexibility index (Phi) is 2.56. The van der Waals surface area contributed by atoms with Gasteiger partial charge in [0.05, 0.1) is 5.69 Å². The molecule has 3 rings (SSSR count). The van der Waals surface area contributed by atoms with Crippen molar-refractivity contribution < 1.29 is 0 Å². The van der Waals surface area contributed by atoms with Crippen LogP contribution in [0.15, 0.2) is 36.5 Å². The summed E-state index contributed by atoms with van der Waals surface area (Å²) in [7, 11) is 2.04. The van der Waals surface area contributed by atoms with Gasteiger partial charge >= 0.3 is 0 Å². The first-order valence-electron chi connectivity index (χ1n) is 5.70. The quantitative estimate of drug-likeness (QED) is 0.667. The monoisotopic (exact) mass is 257 g/mol. The Hall–Kier alpha value is -1.87. The number of benzene rings is 1. The molecule has 4 heteroatoms. The molecule has 0 radical (unpaired) electrons. The van der Waals surface area contributed by atoms with Gasteiger partial charge in [-0.1, -0.05) is 17.7 Å². The van der Waals surface area contributed by atoms with E-state index in [9.17, 15) is 0 Å². The molecule has 1 aromatic carbocycles. The average Bonchev–Trinajstić information content (AvgIpc) is 2.74. The van der Waals surface area contributed by atoms with Crippen molar-refractivity contribution in [3.63, 3.8) is 0 Å². The summed E-state index contributed by atoms with van der Waals surface area (Å²) < 4.78 is 2.10. The minimum absolute atomic E-state index is 0.420. The third-order valence-electron chi connectivity index (χ3n) is 3.14. The molecule has 2 heterocycles. The van der Waals surface area contributed by atoms with Crippen molar-refractivity contribution in [1.82, 2.24) is 14.8 Å². The van der Waals surface area contributed by atoms with Gasteiger partial charge < -0.3 is 4.57 Å². The molecule has 0 bridgehead atoms. The Labute approximate surface area is 110 Å². The Morgan fingerprint density at radius 3 is 2.78 bits per heavy atom. The van der Waals surface area contributed by atoms with E-state index in [0.29, 0.717) is 5.15 Å². The lowest BCUT2D eigenvalue weighted by molar-refractivity contribution is 0.969. The third kappa shape index (κ3) is 1.77. The number of halogens is 1. The SMILES string of the molecule is Cc1nnc(Cl)cc1-c1ccc2c(ccn2C)c1. The van der Waals surface area contributed by atoms with E-state index in [1.54, 1.807) is 0 Å². The molecular weight excluding hydrogens is 246 g/mol. The minimum Gasteiger partial charge on any atom is -0.351 e. The molecule has 18 heavy (non-hydrogen) atoms. The van der Waals surface area contributed by atoms with Crippen LogP contribution in [0.25, 0.3) is 22.0 Å². The van der Waals surface area contributed by atoms with Crippen molar-refractivity contribution in [3.8, 4) is 11.1 Å². The molecule has 0 fully saturated rings. The van der Waals surface area contributed by atoms with Gasteiger partial charge in [-0.25, -0.2) is 0 Å². The van der Waals surface area contributed by atoms with Gasteiger partial charge in [0, 0.05) is 29.7 Å². The molecule has 0 aliphatic heterocycles. The van der Waals surface area contributed by atoms with E-state index in [0.717, 1.165) is 16.8 Å². The molecule has 0 unspecified atom stereocenters. The van der Waals surface area contributed by atoms with Gasteiger partial charge in [-0.3, -0.25) is 0 Å². The molecule has 2 aromatic heterocycles. The summed E-state index contributed by atoms with van der Waals surface area (Å²) in [4.78, 5) is 0. The fraction of sp³-hybridized carbons (Fsp3) is 0.143. The summed E-state index contributed by atoms with van der Waals surface area (Å²) in [5.41, 5.74) is 4.24. The van der Waals surface area contributed by atoms with Crippen LogP contribution in [0.5, 0.6) is 0 Å². The zero-order valence-corrected chi connectivity index (χ0v) is 10.9. The lowest BCUT2D eigenvalue weighted by atomic mass is 10.0. The Morgan fingerprint density at radius 1 is 1.11 bits per heavy atom. The molecule has 0 aliphatic rings. The van der Waals surface area contributed by atoms with Gasteiger partial charge in [-0.05, 0) is 36.8 Å². The van der Waals surface area contributed by atoms with Crippen molar-refractivity contribution in [2.45, 2.75) is 6.92 Å². The Morgan fingerprint density at radius 2 is 1.94 bits per heavy atom. The molecule has 0 spiro atoms. The number of aromatic nitrogens is 3. The average molecular weight is 258 g/mol. The largest absolute Gasteiger partial charge is 0.351 e. The van der Waals surface area contributed by atoms with Crippen LogP contribution in [0.2, 0.25) is 5.15 Å². The first kappa shape index (κ1) is 11.2. The van der Waals surface area contributed by atoms with Crippen LogP contribution < -0.4 is 0 Å². The summed E-state index contributed by atoms with van der Waals surface area (Å²) in [6.07, 6.45) is 2.05. The summed E-state index contributed by atoms with van der Waals surface area (Å²) in [5, 5.41) is 9.53. The lowest BCUT2D eigenvalue weighted by Gasteiger charge is -2.05. The van der Waals surface area contributed by atoms with Crippen LogP contribution in [0, 0.1) is 6.92 Å². The van der Waals surface area contributed by atoms with Gasteiger partial charge in [0.2, 0.25) is 0 Å². The third-order valence-corrected chi connectivity index (χ3v) is 3.33. The van der Waals surface area contributed by atoms with Crippen molar-refractivity contribution in [3.05, 3.63) is 47.4 Å². The van der Waals surface area contributed by atoms with E-state index in [1.807, 2.05) is 20.0 Å². The van der Waals surface area contributed by atoms with E-state index < -0.39 is 0 Å². The standard InChI is InChI=1S/C14H12ClN3/c1-9-12(8-14(15)17-16-9)10-3-4-13-11(7-10)5-6-18(13)2/h3-8H,1-2H3. The predicted molar refractivity (Wildman–Crippen MR) is 73.7 cm³/mol. The lowest BCUT2D eigenvalue weighted by Crippen LogP contribution is -1.91. The fourth-order valence-electron chi connectivity index (χ4n) is 2.17. The molecule has 90 valence electrons. The smallest absolute Gasteiger partial charge is 0.152 e. The topological polar surface area (TPSA) is 30.7 Å². The van der Waals surface area contributed by atoms with Crippen molar-refractivity contribution >= 4 is 22.5 Å². The van der Waals surface area contributed by atoms with Crippen LogP contribution in [0.4, 0.5) is 0 Å². The fourth-order valence-corrected chi connectivity index (χ4v) is 2.32. The number of nitrogens with zero attached hydrogens (tertiary/aromatic N) is 3. The maximum absolute atomic E-state index is 5.91. The van der Waals surface area contributed by atoms with Gasteiger partial charge in [-0.2, -0.15) is 5.10 Å². The summed E-state index contributed by atoms with van der Waals surface area (Å²) in [5.74, 6) is 0. The first-order valence-corrected chi connectivity index (χ1v) is 6.08. The summed E-state index contributed by atoms with van der Waals surface area (Å²) >= 11 is 5.91. The molecule has 3 nitrogen and oxygen atoms in total. The van der Waals surface area contributed by atoms with Crippen molar-refractivity contribution in [2.75, 3.05) is 0 Å². The van der Waals surface area contributed by atoms with Crippen molar-refractivity contribution in [1.29, 1.82) is 0 Å². The Bertz CT molecular complexity index is 731. The van der Waals surface area contributed by atoms with Crippen LogP contribution in [0.1, 0.15) is 5.69 Å². The second kappa shape index (κ2) is 4.10. The van der Waals surface area contributed by atoms with Gasteiger partial charge in [-0.15, -0.1) is 5.10 Å². The minimum atomic E-state index is 0.420. The van der Waals surface area contributed by atoms with E-state index in [1.165, 1.54) is 10.9 Å². The number of fused-ring (bicyclic) bond motifs is 1. The van der Waals surface area contributed by atoms with E-state index in [2.05, 4.69) is 45.2 Å². The number of hydrogen-bond acceptors (Lipinski definition) is 2. The van der Waals surface area contributed by atoms with Crippen LogP contribution in [-0.4, -0.2) is 14.8 Å². The van der Waals surface area contributed by atoms with E-state index in [-0.39, 0.29) is 0 Å². The zero-order chi connectivity index (χ0) is 12.7. The van der Waals surface area contributed by atoms with E-state index in [4.69, 9.17) is 11.6 Å². The number of rotatable bonds is 1. The molecule has 0 amide bonds. The van der Waals surface area contributed by atoms with Crippen molar-refractivity contribution in [2.24, 2.45) is 7.05 Å². The maximum Gasteiger partial charge on any atom is 0.152 e. The number of aryl methyl sites for hydroxylation is 2. The first-order chi connectivity index (χ1) is 8.65. The molecular formula is C14H12ClN3. The molecule has 0 saturated carbocycles. The predicted octanol–water partition coefficient (Wildman–Crippen LogP) is 3.60. The maximum atomic E-state index is 5.91. The number of hydrogen-bond donors (Lipinski definition) is 0. The second-order valence-corrected chi connectivity index (χ2v) is 4.75. The summed E-state index contributed by atoms with van der Waals surface area (Å²) in [6.45, 7) is 1.94. The second-order valence-electron chi connectivity index (χ2n) is 4.37. The Balaban J connectivity index is 2.22. The molecule has 0 saturated heterocycles. The summed E-state index contributed by atoms with van der Waals surface area (Å²) in [6, 6.07) is 10.3. The molecule has 0 aliphatic carbocycles. The van der Waals surface area contributed by atoms with Crippen LogP contribution in [0.3, 0.4) is 0 Å².